The van der Waals surface area contributed by atoms with E-state index in [1.54, 1.807) is 12.1 Å². The van der Waals surface area contributed by atoms with Gasteiger partial charge >= 0.3 is 12.2 Å². The van der Waals surface area contributed by atoms with Crippen LogP contribution in [0, 0.1) is 0 Å². The number of phenols is 2. The zero-order chi connectivity index (χ0) is 44.5. The lowest BCUT2D eigenvalue weighted by molar-refractivity contribution is -0.249. The van der Waals surface area contributed by atoms with E-state index in [2.05, 4.69) is 22.8 Å². The molecule has 9 N–H and O–H groups in total. The Morgan fingerprint density at radius 2 is 1.61 bits per heavy atom. The molecule has 3 aromatic rings. The minimum absolute atomic E-state index is 0.0486. The number of alkyl carbamates (subject to hydrolysis) is 1. The Labute approximate surface area is 355 Å². The van der Waals surface area contributed by atoms with E-state index in [0.717, 1.165) is 19.3 Å². The van der Waals surface area contributed by atoms with Gasteiger partial charge in [0.2, 0.25) is 5.78 Å². The first-order chi connectivity index (χ1) is 29.6. The molecule has 0 aromatic heterocycles. The Morgan fingerprint density at radius 3 is 2.32 bits per heavy atom. The Hall–Kier alpha value is -5.89. The van der Waals surface area contributed by atoms with Gasteiger partial charge in [-0.15, -0.1) is 0 Å². The van der Waals surface area contributed by atoms with E-state index in [1.807, 2.05) is 0 Å². The van der Waals surface area contributed by atoms with Crippen LogP contribution in [0.15, 0.2) is 54.6 Å². The van der Waals surface area contributed by atoms with Crippen LogP contribution in [0.1, 0.15) is 100 Å². The highest BCUT2D eigenvalue weighted by Crippen LogP contribution is 2.52. The van der Waals surface area contributed by atoms with Gasteiger partial charge in [-0.3, -0.25) is 14.4 Å². The fraction of sp³-hybridized carbons (Fsp3) is 0.432. The molecule has 4 aliphatic rings. The molecule has 0 spiro atoms. The first-order valence-corrected chi connectivity index (χ1v) is 20.3. The number of rotatable bonds is 10. The molecule has 1 aliphatic heterocycles. The highest BCUT2D eigenvalue weighted by Gasteiger charge is 2.50. The molecule has 3 aliphatic carbocycles. The molecule has 18 heteroatoms. The lowest BCUT2D eigenvalue weighted by Crippen LogP contribution is -2.56. The van der Waals surface area contributed by atoms with Gasteiger partial charge in [0.05, 0.1) is 42.0 Å². The average Bonchev–Trinajstić information content (AvgIpc) is 3.24. The summed E-state index contributed by atoms with van der Waals surface area (Å²) in [4.78, 5) is 66.3. The fourth-order valence-corrected chi connectivity index (χ4v) is 8.54. The van der Waals surface area contributed by atoms with E-state index in [9.17, 15) is 49.5 Å². The van der Waals surface area contributed by atoms with E-state index in [4.69, 9.17) is 29.4 Å². The third-order valence-electron chi connectivity index (χ3n) is 11.9. The van der Waals surface area contributed by atoms with Gasteiger partial charge in [0, 0.05) is 48.0 Å². The van der Waals surface area contributed by atoms with E-state index in [1.165, 1.54) is 44.4 Å². The normalized spacial score (nSPS) is 27.3. The predicted molar refractivity (Wildman–Crippen MR) is 216 cm³/mol. The van der Waals surface area contributed by atoms with Crippen LogP contribution in [0.2, 0.25) is 0 Å². The zero-order valence-corrected chi connectivity index (χ0v) is 34.0. The Morgan fingerprint density at radius 1 is 0.919 bits per heavy atom. The quantitative estimate of drug-likeness (QED) is 0.0841. The van der Waals surface area contributed by atoms with Crippen LogP contribution in [0.3, 0.4) is 0 Å². The largest absolute Gasteiger partial charge is 0.507 e. The van der Waals surface area contributed by atoms with Crippen molar-refractivity contribution >= 4 is 29.5 Å². The van der Waals surface area contributed by atoms with Crippen molar-refractivity contribution in [1.29, 1.82) is 0 Å². The van der Waals surface area contributed by atoms with Crippen molar-refractivity contribution in [2.75, 3.05) is 13.7 Å². The van der Waals surface area contributed by atoms with Crippen molar-refractivity contribution < 1.29 is 73.2 Å². The zero-order valence-electron chi connectivity index (χ0n) is 34.0. The SMILES string of the molecule is COc1cccc2c1C(=O)c1c(O)c3c(c(O)c1C2=O)C[C@@](O)(C(=O)CO)C[C@@H]3O[C@H]1C[C@@H](NC(=O)OCc2ccc(OC(=O)N[C@@H]3CC/C=C/CC[C@@H]3N)cc2)[C@H](O)C(C)O1. The number of fused-ring (bicyclic) bond motifs is 3. The van der Waals surface area contributed by atoms with Gasteiger partial charge in [0.25, 0.3) is 0 Å². The molecule has 0 saturated carbocycles. The topological polar surface area (TPSA) is 283 Å². The number of ketones is 3. The summed E-state index contributed by atoms with van der Waals surface area (Å²) in [5.41, 5.74) is 2.61. The third-order valence-corrected chi connectivity index (χ3v) is 11.9. The maximum Gasteiger partial charge on any atom is 0.412 e. The lowest BCUT2D eigenvalue weighted by Gasteiger charge is -2.42. The van der Waals surface area contributed by atoms with Gasteiger partial charge in [0.1, 0.15) is 47.9 Å². The minimum Gasteiger partial charge on any atom is -0.507 e. The number of aromatic hydroxyl groups is 2. The number of carbonyl (C=O) groups is 5. The molecule has 2 amide bonds. The van der Waals surface area contributed by atoms with E-state index in [-0.39, 0.29) is 58.9 Å². The monoisotopic (exact) mass is 859 g/mol. The summed E-state index contributed by atoms with van der Waals surface area (Å²) in [6, 6.07) is 9.10. The number of nitrogens with one attached hydrogen (secondary N) is 2. The minimum atomic E-state index is -2.37. The van der Waals surface area contributed by atoms with Crippen LogP contribution in [-0.4, -0.2) is 111 Å². The second kappa shape index (κ2) is 18.2. The molecule has 62 heavy (non-hydrogen) atoms. The predicted octanol–water partition coefficient (Wildman–Crippen LogP) is 2.88. The number of carbonyl (C=O) groups excluding carboxylic acids is 5. The fourth-order valence-electron chi connectivity index (χ4n) is 8.54. The van der Waals surface area contributed by atoms with Crippen molar-refractivity contribution in [3.8, 4) is 23.0 Å². The van der Waals surface area contributed by atoms with Crippen molar-refractivity contribution in [2.45, 2.75) is 107 Å². The van der Waals surface area contributed by atoms with Gasteiger partial charge in [-0.25, -0.2) is 9.59 Å². The van der Waals surface area contributed by atoms with Crippen LogP contribution in [0.5, 0.6) is 23.0 Å². The number of amides is 2. The Kier molecular flexibility index (Phi) is 13.0. The summed E-state index contributed by atoms with van der Waals surface area (Å²) < 4.78 is 28.3. The summed E-state index contributed by atoms with van der Waals surface area (Å²) in [6.07, 6.45) is -0.882. The molecular weight excluding hydrogens is 810 g/mol. The summed E-state index contributed by atoms with van der Waals surface area (Å²) in [5.74, 6) is -3.91. The number of hydrogen-bond acceptors (Lipinski definition) is 16. The van der Waals surface area contributed by atoms with Crippen LogP contribution < -0.4 is 25.8 Å². The molecule has 3 aromatic carbocycles. The van der Waals surface area contributed by atoms with Crippen molar-refractivity contribution in [2.24, 2.45) is 5.73 Å². The molecule has 0 radical (unpaired) electrons. The first kappa shape index (κ1) is 44.2. The van der Waals surface area contributed by atoms with Gasteiger partial charge < -0.3 is 65.6 Å². The lowest BCUT2D eigenvalue weighted by atomic mass is 9.72. The standard InChI is InChI=1S/C44H49N3O15/c1-21-37(50)28(47-42(55)59-20-22-12-14-23(15-13-22)61-43(56)46-27-10-6-4-3-5-9-26(27)45)16-32(60-21)62-30-18-44(57,31(49)19-48)17-25-34(30)41(54)36-35(39(25)52)38(51)24-8-7-11-29(58-2)33(24)40(36)53/h3-4,7-8,11-15,21,26-28,30,32,37,48,50,52,54,57H,5-6,9-10,16-20,45H2,1-2H3,(H,46,56)(H,47,55)/b4-3+/t21?,26-,27+,28+,30-,32-,37+,44-/m0/s1. The highest BCUT2D eigenvalue weighted by atomic mass is 16.7. The number of Topliss-reactive ketones (excluding diaryl/α,β-unsaturated/α-hetero) is 1. The van der Waals surface area contributed by atoms with E-state index in [0.29, 0.717) is 12.0 Å². The molecule has 7 rings (SSSR count). The molecule has 330 valence electrons. The van der Waals surface area contributed by atoms with Crippen molar-refractivity contribution in [3.05, 3.63) is 93.6 Å². The van der Waals surface area contributed by atoms with Gasteiger partial charge in [-0.2, -0.15) is 0 Å². The van der Waals surface area contributed by atoms with Gasteiger partial charge in [-0.05, 0) is 56.4 Å². The second-order valence-corrected chi connectivity index (χ2v) is 15.9. The number of ether oxygens (including phenoxy) is 5. The number of methoxy groups -OCH3 is 1. The third kappa shape index (κ3) is 8.74. The molecule has 1 saturated heterocycles. The van der Waals surface area contributed by atoms with Crippen molar-refractivity contribution in [1.82, 2.24) is 10.6 Å². The van der Waals surface area contributed by atoms with Crippen LogP contribution >= 0.6 is 0 Å². The molecule has 1 heterocycles. The number of phenolic OH excluding ortho intramolecular Hbond substituents is 2. The molecule has 8 atom stereocenters. The Bertz CT molecular complexity index is 2280. The molecular formula is C44H49N3O15. The molecule has 1 fully saturated rings. The highest BCUT2D eigenvalue weighted by molar-refractivity contribution is 6.31. The average molecular weight is 860 g/mol. The Balaban J connectivity index is 1.04. The van der Waals surface area contributed by atoms with Crippen molar-refractivity contribution in [3.63, 3.8) is 0 Å². The molecule has 0 bridgehead atoms. The second-order valence-electron chi connectivity index (χ2n) is 15.9. The maximum absolute atomic E-state index is 14.0. The first-order valence-electron chi connectivity index (χ1n) is 20.3. The number of hydrogen-bond donors (Lipinski definition) is 8. The summed E-state index contributed by atoms with van der Waals surface area (Å²) >= 11 is 0. The van der Waals surface area contributed by atoms with Crippen LogP contribution in [0.25, 0.3) is 0 Å². The number of aliphatic hydroxyl groups is 3. The van der Waals surface area contributed by atoms with Crippen LogP contribution in [-0.2, 0) is 32.0 Å². The number of nitrogens with two attached hydrogens (primary N) is 1. The summed E-state index contributed by atoms with van der Waals surface area (Å²) in [5, 5.41) is 61.2. The van der Waals surface area contributed by atoms with Gasteiger partial charge in [0.15, 0.2) is 17.9 Å². The van der Waals surface area contributed by atoms with Crippen LogP contribution in [0.4, 0.5) is 9.59 Å². The summed E-state index contributed by atoms with van der Waals surface area (Å²) in [6.45, 7) is 0.211. The smallest absolute Gasteiger partial charge is 0.412 e. The number of allylic oxidation sites excluding steroid dienone is 2. The molecule has 1 unspecified atom stereocenters. The maximum atomic E-state index is 14.0. The number of benzene rings is 3. The van der Waals surface area contributed by atoms with E-state index < -0.39 is 108 Å². The number of aliphatic hydroxyl groups excluding tert-OH is 2. The van der Waals surface area contributed by atoms with E-state index >= 15 is 0 Å². The van der Waals surface area contributed by atoms with Gasteiger partial charge in [-0.1, -0.05) is 36.4 Å². The molecule has 18 nitrogen and oxygen atoms in total. The summed E-state index contributed by atoms with van der Waals surface area (Å²) in [7, 11) is 1.30.